The number of carbonyl (C=O) groups is 1. The van der Waals surface area contributed by atoms with E-state index in [0.29, 0.717) is 5.56 Å². The Morgan fingerprint density at radius 1 is 1.50 bits per heavy atom. The molecule has 0 fully saturated rings. The summed E-state index contributed by atoms with van der Waals surface area (Å²) in [4.78, 5) is 15.4. The van der Waals surface area contributed by atoms with E-state index in [0.717, 1.165) is 11.3 Å². The molecule has 0 radical (unpaired) electrons. The van der Waals surface area contributed by atoms with Gasteiger partial charge in [-0.2, -0.15) is 0 Å². The molecule has 1 rings (SSSR count). The molecule has 0 atom stereocenters. The van der Waals surface area contributed by atoms with Gasteiger partial charge in [0.15, 0.2) is 0 Å². The highest BCUT2D eigenvalue weighted by Crippen LogP contribution is 2.09. The Morgan fingerprint density at radius 2 is 2.17 bits per heavy atom. The van der Waals surface area contributed by atoms with Crippen molar-refractivity contribution < 1.29 is 4.79 Å². The molecule has 0 aliphatic carbocycles. The van der Waals surface area contributed by atoms with Gasteiger partial charge in [-0.05, 0) is 25.5 Å². The summed E-state index contributed by atoms with van der Waals surface area (Å²) in [7, 11) is 1.62. The Hall–Kier alpha value is -1.38. The van der Waals surface area contributed by atoms with Gasteiger partial charge in [0.1, 0.15) is 0 Å². The molecule has 1 N–H and O–H groups in total. The van der Waals surface area contributed by atoms with E-state index in [4.69, 9.17) is 0 Å². The van der Waals surface area contributed by atoms with Gasteiger partial charge in [-0.3, -0.25) is 9.78 Å². The van der Waals surface area contributed by atoms with E-state index in [1.165, 1.54) is 0 Å². The molecule has 0 saturated carbocycles. The van der Waals surface area contributed by atoms with Gasteiger partial charge in [0.05, 0.1) is 11.3 Å². The topological polar surface area (TPSA) is 42.0 Å². The molecule has 0 unspecified atom stereocenters. The highest BCUT2D eigenvalue weighted by Gasteiger charge is 2.09. The van der Waals surface area contributed by atoms with Crippen molar-refractivity contribution in [3.63, 3.8) is 0 Å². The van der Waals surface area contributed by atoms with Crippen LogP contribution in [-0.2, 0) is 0 Å². The van der Waals surface area contributed by atoms with E-state index in [-0.39, 0.29) is 5.91 Å². The summed E-state index contributed by atoms with van der Waals surface area (Å²) in [6, 6.07) is 1.83. The maximum absolute atomic E-state index is 11.3. The normalized spacial score (nSPS) is 9.58. The van der Waals surface area contributed by atoms with Crippen LogP contribution in [0.25, 0.3) is 0 Å². The first-order valence-corrected chi connectivity index (χ1v) is 3.81. The summed E-state index contributed by atoms with van der Waals surface area (Å²) in [6.45, 7) is 3.73. The van der Waals surface area contributed by atoms with Crippen molar-refractivity contribution in [1.29, 1.82) is 0 Å². The molecule has 0 aliphatic rings. The van der Waals surface area contributed by atoms with E-state index in [9.17, 15) is 4.79 Å². The van der Waals surface area contributed by atoms with Crippen LogP contribution >= 0.6 is 0 Å². The third kappa shape index (κ3) is 1.44. The standard InChI is InChI=1S/C9H12N2O/c1-6-4-5-11-7(2)8(6)9(12)10-3/h4-5H,1-3H3,(H,10,12). The number of nitrogens with zero attached hydrogens (tertiary/aromatic N) is 1. The number of carbonyl (C=O) groups excluding carboxylic acids is 1. The smallest absolute Gasteiger partial charge is 0.253 e. The second-order valence-electron chi connectivity index (χ2n) is 2.67. The van der Waals surface area contributed by atoms with Gasteiger partial charge >= 0.3 is 0 Å². The lowest BCUT2D eigenvalue weighted by Gasteiger charge is -2.05. The number of aromatic nitrogens is 1. The molecule has 0 bridgehead atoms. The molecule has 1 aromatic rings. The van der Waals surface area contributed by atoms with Gasteiger partial charge in [0, 0.05) is 13.2 Å². The first-order valence-electron chi connectivity index (χ1n) is 3.81. The van der Waals surface area contributed by atoms with Gasteiger partial charge < -0.3 is 5.32 Å². The number of nitrogens with one attached hydrogen (secondary N) is 1. The molecule has 64 valence electrons. The minimum atomic E-state index is -0.0712. The molecule has 12 heavy (non-hydrogen) atoms. The predicted octanol–water partition coefficient (Wildman–Crippen LogP) is 1.06. The van der Waals surface area contributed by atoms with Crippen LogP contribution in [0.1, 0.15) is 21.6 Å². The average molecular weight is 164 g/mol. The molecule has 0 saturated heterocycles. The van der Waals surface area contributed by atoms with Gasteiger partial charge in [-0.1, -0.05) is 0 Å². The van der Waals surface area contributed by atoms with Gasteiger partial charge in [0.2, 0.25) is 0 Å². The summed E-state index contributed by atoms with van der Waals surface area (Å²) in [5.41, 5.74) is 2.41. The third-order valence-corrected chi connectivity index (χ3v) is 1.80. The lowest BCUT2D eigenvalue weighted by atomic mass is 10.1. The van der Waals surface area contributed by atoms with Crippen LogP contribution in [0.2, 0.25) is 0 Å². The zero-order valence-electron chi connectivity index (χ0n) is 7.51. The first-order chi connectivity index (χ1) is 5.66. The predicted molar refractivity (Wildman–Crippen MR) is 47.1 cm³/mol. The molecular formula is C9H12N2O. The maximum atomic E-state index is 11.3. The molecule has 1 heterocycles. The molecule has 0 aliphatic heterocycles. The van der Waals surface area contributed by atoms with Crippen molar-refractivity contribution in [2.45, 2.75) is 13.8 Å². The van der Waals surface area contributed by atoms with E-state index >= 15 is 0 Å². The van der Waals surface area contributed by atoms with Crippen LogP contribution in [0, 0.1) is 13.8 Å². The van der Waals surface area contributed by atoms with Crippen LogP contribution in [0.5, 0.6) is 0 Å². The fourth-order valence-electron chi connectivity index (χ4n) is 1.16. The quantitative estimate of drug-likeness (QED) is 0.674. The molecule has 3 nitrogen and oxygen atoms in total. The fraction of sp³-hybridized carbons (Fsp3) is 0.333. The lowest BCUT2D eigenvalue weighted by Crippen LogP contribution is -2.20. The number of pyridine rings is 1. The van der Waals surface area contributed by atoms with Crippen molar-refractivity contribution in [2.24, 2.45) is 0 Å². The van der Waals surface area contributed by atoms with Gasteiger partial charge in [-0.15, -0.1) is 0 Å². The SMILES string of the molecule is CNC(=O)c1c(C)ccnc1C. The van der Waals surface area contributed by atoms with Gasteiger partial charge in [0.25, 0.3) is 5.91 Å². The maximum Gasteiger partial charge on any atom is 0.253 e. The summed E-state index contributed by atoms with van der Waals surface area (Å²) in [5.74, 6) is -0.0712. The number of rotatable bonds is 1. The van der Waals surface area contributed by atoms with E-state index in [1.807, 2.05) is 19.9 Å². The van der Waals surface area contributed by atoms with Crippen molar-refractivity contribution in [1.82, 2.24) is 10.3 Å². The number of amides is 1. The molecular weight excluding hydrogens is 152 g/mol. The van der Waals surface area contributed by atoms with Crippen molar-refractivity contribution >= 4 is 5.91 Å². The largest absolute Gasteiger partial charge is 0.355 e. The highest BCUT2D eigenvalue weighted by atomic mass is 16.1. The number of hydrogen-bond donors (Lipinski definition) is 1. The molecule has 0 spiro atoms. The zero-order valence-corrected chi connectivity index (χ0v) is 7.51. The van der Waals surface area contributed by atoms with E-state index < -0.39 is 0 Å². The Balaban J connectivity index is 3.21. The van der Waals surface area contributed by atoms with Crippen LogP contribution in [0.15, 0.2) is 12.3 Å². The fourth-order valence-corrected chi connectivity index (χ4v) is 1.16. The van der Waals surface area contributed by atoms with Crippen molar-refractivity contribution in [3.05, 3.63) is 29.1 Å². The monoisotopic (exact) mass is 164 g/mol. The second kappa shape index (κ2) is 3.34. The number of aryl methyl sites for hydroxylation is 2. The summed E-state index contributed by atoms with van der Waals surface area (Å²) in [6.07, 6.45) is 1.71. The highest BCUT2D eigenvalue weighted by molar-refractivity contribution is 5.96. The van der Waals surface area contributed by atoms with Crippen LogP contribution in [0.3, 0.4) is 0 Å². The summed E-state index contributed by atoms with van der Waals surface area (Å²) < 4.78 is 0. The van der Waals surface area contributed by atoms with Crippen LogP contribution in [-0.4, -0.2) is 17.9 Å². The Bertz CT molecular complexity index is 287. The van der Waals surface area contributed by atoms with E-state index in [1.54, 1.807) is 13.2 Å². The number of hydrogen-bond acceptors (Lipinski definition) is 2. The third-order valence-electron chi connectivity index (χ3n) is 1.80. The zero-order chi connectivity index (χ0) is 9.14. The minimum Gasteiger partial charge on any atom is -0.355 e. The first kappa shape index (κ1) is 8.71. The van der Waals surface area contributed by atoms with Crippen LogP contribution in [0.4, 0.5) is 0 Å². The summed E-state index contributed by atoms with van der Waals surface area (Å²) in [5, 5.41) is 2.58. The van der Waals surface area contributed by atoms with Crippen LogP contribution < -0.4 is 5.32 Å². The second-order valence-corrected chi connectivity index (χ2v) is 2.67. The minimum absolute atomic E-state index is 0.0712. The molecule has 1 aromatic heterocycles. The molecule has 3 heteroatoms. The Morgan fingerprint density at radius 3 is 2.67 bits per heavy atom. The Kier molecular flexibility index (Phi) is 2.43. The Labute approximate surface area is 71.8 Å². The van der Waals surface area contributed by atoms with E-state index in [2.05, 4.69) is 10.3 Å². The van der Waals surface area contributed by atoms with Crippen molar-refractivity contribution in [2.75, 3.05) is 7.05 Å². The summed E-state index contributed by atoms with van der Waals surface area (Å²) >= 11 is 0. The van der Waals surface area contributed by atoms with Crippen molar-refractivity contribution in [3.8, 4) is 0 Å². The van der Waals surface area contributed by atoms with Gasteiger partial charge in [-0.25, -0.2) is 0 Å². The molecule has 1 amide bonds. The average Bonchev–Trinajstić information content (AvgIpc) is 2.03. The molecule has 0 aromatic carbocycles. The lowest BCUT2D eigenvalue weighted by molar-refractivity contribution is 0.0961.